The second-order valence-corrected chi connectivity index (χ2v) is 11.7. The molecule has 2 aromatic rings. The molecule has 1 aliphatic heterocycles. The summed E-state index contributed by atoms with van der Waals surface area (Å²) >= 11 is 0. The van der Waals surface area contributed by atoms with Gasteiger partial charge in [-0.2, -0.15) is 0 Å². The van der Waals surface area contributed by atoms with Gasteiger partial charge in [-0.3, -0.25) is 14.5 Å². The van der Waals surface area contributed by atoms with Crippen molar-refractivity contribution in [3.05, 3.63) is 59.2 Å². The lowest BCUT2D eigenvalue weighted by Gasteiger charge is -2.32. The van der Waals surface area contributed by atoms with Crippen molar-refractivity contribution in [2.45, 2.75) is 84.5 Å². The molecule has 1 aliphatic carbocycles. The second-order valence-electron chi connectivity index (χ2n) is 11.7. The van der Waals surface area contributed by atoms with Crippen LogP contribution in [0, 0.1) is 12.8 Å². The van der Waals surface area contributed by atoms with Gasteiger partial charge in [0.05, 0.1) is 12.5 Å². The Balaban J connectivity index is 0.00000441. The number of hydrogen-bond donors (Lipinski definition) is 2. The van der Waals surface area contributed by atoms with Crippen LogP contribution in [-0.4, -0.2) is 61.6 Å². The van der Waals surface area contributed by atoms with Crippen molar-refractivity contribution in [2.24, 2.45) is 5.92 Å². The van der Waals surface area contributed by atoms with Crippen LogP contribution < -0.4 is 20.3 Å². The summed E-state index contributed by atoms with van der Waals surface area (Å²) in [7, 11) is 1.90. The zero-order valence-corrected chi connectivity index (χ0v) is 25.6. The fourth-order valence-corrected chi connectivity index (χ4v) is 5.77. The normalized spacial score (nSPS) is 21.4. The predicted octanol–water partition coefficient (Wildman–Crippen LogP) is 4.88. The highest BCUT2D eigenvalue weighted by Crippen LogP contribution is 2.31. The summed E-state index contributed by atoms with van der Waals surface area (Å²) in [4.78, 5) is 29.8. The Labute approximate surface area is 246 Å². The standard InChI is InChI=1S/C32H46N4O3.ClH/c1-22(2)34-31(37)19-25-7-6-8-30(18-25)39-29-13-10-26(11-14-29)32(38)35(5)28-12-9-27(23(3)17-28)21-36-16-15-33-24(4)20-36;/h6-9,12,17-18,22,24,26,29,33H,10-11,13-16,19-21H2,1-5H3,(H,34,37);1H/t24-,26?,29?;/m0./s1. The highest BCUT2D eigenvalue weighted by Gasteiger charge is 2.30. The number of nitrogens with zero attached hydrogens (tertiary/aromatic N) is 2. The number of benzene rings is 2. The molecule has 2 aromatic carbocycles. The number of piperazine rings is 1. The number of carbonyl (C=O) groups excluding carboxylic acids is 2. The zero-order valence-electron chi connectivity index (χ0n) is 24.7. The molecule has 1 heterocycles. The van der Waals surface area contributed by atoms with E-state index in [0.29, 0.717) is 12.5 Å². The van der Waals surface area contributed by atoms with Crippen LogP contribution in [0.25, 0.3) is 0 Å². The first-order valence-corrected chi connectivity index (χ1v) is 14.6. The predicted molar refractivity (Wildman–Crippen MR) is 164 cm³/mol. The molecule has 1 atom stereocenters. The van der Waals surface area contributed by atoms with Gasteiger partial charge >= 0.3 is 0 Å². The number of anilines is 1. The summed E-state index contributed by atoms with van der Waals surface area (Å²) in [5, 5.41) is 6.43. The maximum absolute atomic E-state index is 13.4. The summed E-state index contributed by atoms with van der Waals surface area (Å²) in [5.74, 6) is 1.02. The molecule has 2 aliphatic rings. The van der Waals surface area contributed by atoms with Crippen molar-refractivity contribution in [1.82, 2.24) is 15.5 Å². The van der Waals surface area contributed by atoms with Crippen molar-refractivity contribution >= 4 is 29.9 Å². The number of rotatable bonds is 9. The van der Waals surface area contributed by atoms with Crippen molar-refractivity contribution in [2.75, 3.05) is 31.6 Å². The molecule has 0 unspecified atom stereocenters. The molecule has 0 bridgehead atoms. The Bertz CT molecular complexity index is 1130. The minimum absolute atomic E-state index is 0. The molecule has 8 heteroatoms. The SMILES string of the molecule is Cc1cc(N(C)C(=O)C2CCC(Oc3cccc(CC(=O)NC(C)C)c3)CC2)ccc1CN1CCN[C@@H](C)C1.Cl. The van der Waals surface area contributed by atoms with Gasteiger partial charge in [-0.1, -0.05) is 18.2 Å². The second kappa shape index (κ2) is 14.9. The number of nitrogens with one attached hydrogen (secondary N) is 2. The first-order chi connectivity index (χ1) is 18.7. The Morgan fingerprint density at radius 2 is 1.88 bits per heavy atom. The third-order valence-corrected chi connectivity index (χ3v) is 7.93. The maximum Gasteiger partial charge on any atom is 0.229 e. The minimum Gasteiger partial charge on any atom is -0.490 e. The molecule has 7 nitrogen and oxygen atoms in total. The fourth-order valence-electron chi connectivity index (χ4n) is 5.77. The molecule has 1 saturated heterocycles. The number of halogens is 1. The van der Waals surface area contributed by atoms with Gasteiger partial charge in [0.1, 0.15) is 5.75 Å². The van der Waals surface area contributed by atoms with E-state index in [1.54, 1.807) is 0 Å². The molecular weight excluding hydrogens is 524 g/mol. The largest absolute Gasteiger partial charge is 0.490 e. The van der Waals surface area contributed by atoms with E-state index >= 15 is 0 Å². The van der Waals surface area contributed by atoms with Crippen LogP contribution in [-0.2, 0) is 22.6 Å². The number of ether oxygens (including phenoxy) is 1. The summed E-state index contributed by atoms with van der Waals surface area (Å²) < 4.78 is 6.27. The molecule has 4 rings (SSSR count). The Morgan fingerprint density at radius 1 is 1.12 bits per heavy atom. The van der Waals surface area contributed by atoms with E-state index in [0.717, 1.165) is 68.9 Å². The molecule has 2 amide bonds. The van der Waals surface area contributed by atoms with E-state index in [4.69, 9.17) is 4.74 Å². The quantitative estimate of drug-likeness (QED) is 0.450. The molecule has 220 valence electrons. The van der Waals surface area contributed by atoms with Gasteiger partial charge in [-0.25, -0.2) is 0 Å². The summed E-state index contributed by atoms with van der Waals surface area (Å²) in [6, 6.07) is 14.9. The van der Waals surface area contributed by atoms with Crippen molar-refractivity contribution in [3.63, 3.8) is 0 Å². The molecule has 2 N–H and O–H groups in total. The van der Waals surface area contributed by atoms with Gasteiger partial charge in [0.25, 0.3) is 0 Å². The molecule has 0 aromatic heterocycles. The molecule has 40 heavy (non-hydrogen) atoms. The van der Waals surface area contributed by atoms with E-state index in [1.807, 2.05) is 50.1 Å². The van der Waals surface area contributed by atoms with Crippen LogP contribution in [0.3, 0.4) is 0 Å². The average Bonchev–Trinajstić information content (AvgIpc) is 2.89. The van der Waals surface area contributed by atoms with Gasteiger partial charge in [0, 0.05) is 56.9 Å². The molecule has 0 spiro atoms. The zero-order chi connectivity index (χ0) is 27.9. The van der Waals surface area contributed by atoms with E-state index in [-0.39, 0.29) is 42.3 Å². The average molecular weight is 571 g/mol. The third-order valence-electron chi connectivity index (χ3n) is 7.93. The lowest BCUT2D eigenvalue weighted by Crippen LogP contribution is -2.48. The van der Waals surface area contributed by atoms with Crippen molar-refractivity contribution in [3.8, 4) is 5.75 Å². The summed E-state index contributed by atoms with van der Waals surface area (Å²) in [5.41, 5.74) is 4.47. The number of amides is 2. The van der Waals surface area contributed by atoms with Crippen molar-refractivity contribution < 1.29 is 14.3 Å². The summed E-state index contributed by atoms with van der Waals surface area (Å²) in [6.07, 6.45) is 3.78. The van der Waals surface area contributed by atoms with E-state index in [2.05, 4.69) is 47.6 Å². The van der Waals surface area contributed by atoms with Crippen LogP contribution >= 0.6 is 12.4 Å². The van der Waals surface area contributed by atoms with Gasteiger partial charge < -0.3 is 20.3 Å². The fraction of sp³-hybridized carbons (Fsp3) is 0.562. The Hall–Kier alpha value is -2.61. The van der Waals surface area contributed by atoms with Gasteiger partial charge in [-0.05, 0) is 94.3 Å². The monoisotopic (exact) mass is 570 g/mol. The van der Waals surface area contributed by atoms with Gasteiger partial charge in [-0.15, -0.1) is 12.4 Å². The topological polar surface area (TPSA) is 73.9 Å². The van der Waals surface area contributed by atoms with Gasteiger partial charge in [0.15, 0.2) is 0 Å². The summed E-state index contributed by atoms with van der Waals surface area (Å²) in [6.45, 7) is 12.4. The van der Waals surface area contributed by atoms with Crippen LogP contribution in [0.4, 0.5) is 5.69 Å². The van der Waals surface area contributed by atoms with Crippen LogP contribution in [0.1, 0.15) is 63.1 Å². The lowest BCUT2D eigenvalue weighted by molar-refractivity contribution is -0.123. The number of aryl methyl sites for hydroxylation is 1. The van der Waals surface area contributed by atoms with Crippen LogP contribution in [0.15, 0.2) is 42.5 Å². The molecule has 2 fully saturated rings. The minimum atomic E-state index is 0. The van der Waals surface area contributed by atoms with Gasteiger partial charge in [0.2, 0.25) is 11.8 Å². The first kappa shape index (κ1) is 31.9. The van der Waals surface area contributed by atoms with E-state index in [9.17, 15) is 9.59 Å². The number of hydrogen-bond acceptors (Lipinski definition) is 5. The third kappa shape index (κ3) is 8.95. The maximum atomic E-state index is 13.4. The van der Waals surface area contributed by atoms with E-state index in [1.165, 1.54) is 11.1 Å². The smallest absolute Gasteiger partial charge is 0.229 e. The van der Waals surface area contributed by atoms with Crippen LogP contribution in [0.2, 0.25) is 0 Å². The Morgan fingerprint density at radius 3 is 2.55 bits per heavy atom. The number of carbonyl (C=O) groups is 2. The highest BCUT2D eigenvalue weighted by atomic mass is 35.5. The van der Waals surface area contributed by atoms with Crippen LogP contribution in [0.5, 0.6) is 5.75 Å². The lowest BCUT2D eigenvalue weighted by atomic mass is 9.86. The molecule has 1 saturated carbocycles. The Kier molecular flexibility index (Phi) is 11.9. The molecule has 0 radical (unpaired) electrons. The molecular formula is C32H47ClN4O3. The first-order valence-electron chi connectivity index (χ1n) is 14.6. The van der Waals surface area contributed by atoms with Crippen molar-refractivity contribution in [1.29, 1.82) is 0 Å². The van der Waals surface area contributed by atoms with E-state index < -0.39 is 0 Å². The highest BCUT2D eigenvalue weighted by molar-refractivity contribution is 5.94.